The molecule has 0 unspecified atom stereocenters. The van der Waals surface area contributed by atoms with E-state index in [9.17, 15) is 4.79 Å². The Morgan fingerprint density at radius 1 is 1.77 bits per heavy atom. The lowest BCUT2D eigenvalue weighted by atomic mass is 10.3. The molecule has 0 aromatic carbocycles. The van der Waals surface area contributed by atoms with E-state index in [1.807, 2.05) is 0 Å². The molecule has 0 radical (unpaired) electrons. The number of carbonyl (C=O) groups is 1. The zero-order valence-corrected chi connectivity index (χ0v) is 7.63. The minimum atomic E-state index is 0.0712. The molecule has 2 N–H and O–H groups in total. The third kappa shape index (κ3) is 1.78. The summed E-state index contributed by atoms with van der Waals surface area (Å²) in [6, 6.07) is 0. The number of H-pyrrole nitrogens is 1. The summed E-state index contributed by atoms with van der Waals surface area (Å²) in [5.74, 6) is 1.62. The molecule has 70 valence electrons. The van der Waals surface area contributed by atoms with E-state index >= 15 is 0 Å². The fourth-order valence-corrected chi connectivity index (χ4v) is 1.30. The smallest absolute Gasteiger partial charge is 0.194 e. The van der Waals surface area contributed by atoms with Gasteiger partial charge in [-0.05, 0) is 19.9 Å². The minimum Gasteiger partial charge on any atom is -0.339 e. The molecule has 1 fully saturated rings. The number of nitrogens with zero attached hydrogens (tertiary/aromatic N) is 1. The third-order valence-corrected chi connectivity index (χ3v) is 2.20. The van der Waals surface area contributed by atoms with Crippen LogP contribution in [0.25, 0.3) is 0 Å². The lowest BCUT2D eigenvalue weighted by Gasteiger charge is -1.94. The summed E-state index contributed by atoms with van der Waals surface area (Å²) in [7, 11) is 1.76. The topological polar surface area (TPSA) is 57.8 Å². The molecule has 1 heterocycles. The molecule has 1 aromatic heterocycles. The van der Waals surface area contributed by atoms with Crippen LogP contribution in [0.1, 0.15) is 35.1 Å². The SMILES string of the molecule is CNCC(=O)c1cnc(C2CC2)[nH]1. The van der Waals surface area contributed by atoms with Crippen LogP contribution in [0, 0.1) is 0 Å². The molecule has 0 atom stereocenters. The molecular weight excluding hydrogens is 166 g/mol. The van der Waals surface area contributed by atoms with Gasteiger partial charge in [-0.15, -0.1) is 0 Å². The van der Waals surface area contributed by atoms with E-state index in [0.29, 0.717) is 18.2 Å². The van der Waals surface area contributed by atoms with Crippen LogP contribution in [-0.4, -0.2) is 29.3 Å². The monoisotopic (exact) mass is 179 g/mol. The summed E-state index contributed by atoms with van der Waals surface area (Å²) in [6.07, 6.45) is 4.04. The summed E-state index contributed by atoms with van der Waals surface area (Å²) in [6.45, 7) is 0.367. The van der Waals surface area contributed by atoms with Gasteiger partial charge in [-0.25, -0.2) is 4.98 Å². The zero-order valence-electron chi connectivity index (χ0n) is 7.63. The number of hydrogen-bond acceptors (Lipinski definition) is 3. The standard InChI is InChI=1S/C9H13N3O/c1-10-5-8(13)7-4-11-9(12-7)6-2-3-6/h4,6,10H,2-3,5H2,1H3,(H,11,12). The van der Waals surface area contributed by atoms with Crippen molar-refractivity contribution in [2.24, 2.45) is 0 Å². The van der Waals surface area contributed by atoms with Gasteiger partial charge in [-0.3, -0.25) is 4.79 Å². The summed E-state index contributed by atoms with van der Waals surface area (Å²) in [4.78, 5) is 18.6. The van der Waals surface area contributed by atoms with Crippen molar-refractivity contribution in [3.8, 4) is 0 Å². The van der Waals surface area contributed by atoms with Crippen molar-refractivity contribution in [2.45, 2.75) is 18.8 Å². The average molecular weight is 179 g/mol. The van der Waals surface area contributed by atoms with Gasteiger partial charge in [0, 0.05) is 5.92 Å². The number of rotatable bonds is 4. The van der Waals surface area contributed by atoms with Gasteiger partial charge >= 0.3 is 0 Å². The van der Waals surface area contributed by atoms with Crippen molar-refractivity contribution in [1.29, 1.82) is 0 Å². The molecule has 1 saturated carbocycles. The van der Waals surface area contributed by atoms with E-state index in [2.05, 4.69) is 15.3 Å². The highest BCUT2D eigenvalue weighted by molar-refractivity contribution is 5.95. The predicted octanol–water partition coefficient (Wildman–Crippen LogP) is 0.689. The fraction of sp³-hybridized carbons (Fsp3) is 0.556. The molecule has 0 aliphatic heterocycles. The second-order valence-electron chi connectivity index (χ2n) is 3.41. The number of hydrogen-bond donors (Lipinski definition) is 2. The van der Waals surface area contributed by atoms with E-state index in [0.717, 1.165) is 5.82 Å². The maximum atomic E-state index is 11.4. The van der Waals surface area contributed by atoms with Crippen LogP contribution >= 0.6 is 0 Å². The largest absolute Gasteiger partial charge is 0.339 e. The zero-order chi connectivity index (χ0) is 9.26. The van der Waals surface area contributed by atoms with E-state index in [4.69, 9.17) is 0 Å². The summed E-state index contributed by atoms with van der Waals surface area (Å²) >= 11 is 0. The van der Waals surface area contributed by atoms with Gasteiger partial charge < -0.3 is 10.3 Å². The van der Waals surface area contributed by atoms with Gasteiger partial charge in [-0.1, -0.05) is 0 Å². The summed E-state index contributed by atoms with van der Waals surface area (Å²) in [5, 5.41) is 2.82. The number of aromatic nitrogens is 2. The first kappa shape index (κ1) is 8.44. The van der Waals surface area contributed by atoms with Gasteiger partial charge in [0.05, 0.1) is 12.7 Å². The fourth-order valence-electron chi connectivity index (χ4n) is 1.30. The highest BCUT2D eigenvalue weighted by Gasteiger charge is 2.26. The lowest BCUT2D eigenvalue weighted by molar-refractivity contribution is 0.0989. The summed E-state index contributed by atoms with van der Waals surface area (Å²) < 4.78 is 0. The normalized spacial score (nSPS) is 16.1. The molecule has 1 aliphatic carbocycles. The molecule has 1 aromatic rings. The Bertz CT molecular complexity index is 314. The van der Waals surface area contributed by atoms with Crippen molar-refractivity contribution in [1.82, 2.24) is 15.3 Å². The number of aromatic amines is 1. The van der Waals surface area contributed by atoms with Crippen LogP contribution in [0.4, 0.5) is 0 Å². The highest BCUT2D eigenvalue weighted by Crippen LogP contribution is 2.37. The number of imidazole rings is 1. The van der Waals surface area contributed by atoms with Gasteiger partial charge in [0.25, 0.3) is 0 Å². The lowest BCUT2D eigenvalue weighted by Crippen LogP contribution is -2.18. The first-order valence-electron chi connectivity index (χ1n) is 4.54. The van der Waals surface area contributed by atoms with E-state index in [1.165, 1.54) is 12.8 Å². The van der Waals surface area contributed by atoms with Crippen LogP contribution in [0.2, 0.25) is 0 Å². The number of carbonyl (C=O) groups excluding carboxylic acids is 1. The molecule has 2 rings (SSSR count). The molecule has 4 heteroatoms. The van der Waals surface area contributed by atoms with Gasteiger partial charge in [0.15, 0.2) is 5.78 Å². The second-order valence-corrected chi connectivity index (χ2v) is 3.41. The van der Waals surface area contributed by atoms with Crippen LogP contribution in [0.5, 0.6) is 0 Å². The van der Waals surface area contributed by atoms with Crippen molar-refractivity contribution in [3.05, 3.63) is 17.7 Å². The van der Waals surface area contributed by atoms with Crippen LogP contribution in [-0.2, 0) is 0 Å². The van der Waals surface area contributed by atoms with E-state index < -0.39 is 0 Å². The maximum absolute atomic E-state index is 11.4. The van der Waals surface area contributed by atoms with Crippen molar-refractivity contribution in [3.63, 3.8) is 0 Å². The predicted molar refractivity (Wildman–Crippen MR) is 48.8 cm³/mol. The average Bonchev–Trinajstić information content (AvgIpc) is 2.84. The number of ketones is 1. The quantitative estimate of drug-likeness (QED) is 0.668. The molecule has 0 saturated heterocycles. The third-order valence-electron chi connectivity index (χ3n) is 2.20. The molecule has 0 spiro atoms. The molecular formula is C9H13N3O. The van der Waals surface area contributed by atoms with Crippen molar-refractivity contribution >= 4 is 5.78 Å². The number of nitrogens with one attached hydrogen (secondary N) is 2. The Morgan fingerprint density at radius 3 is 3.15 bits per heavy atom. The summed E-state index contributed by atoms with van der Waals surface area (Å²) in [5.41, 5.74) is 0.622. The maximum Gasteiger partial charge on any atom is 0.194 e. The molecule has 1 aliphatic rings. The van der Waals surface area contributed by atoms with E-state index in [1.54, 1.807) is 13.2 Å². The van der Waals surface area contributed by atoms with Crippen LogP contribution in [0.15, 0.2) is 6.20 Å². The Balaban J connectivity index is 2.07. The van der Waals surface area contributed by atoms with Crippen LogP contribution < -0.4 is 5.32 Å². The first-order chi connectivity index (χ1) is 6.31. The molecule has 0 bridgehead atoms. The Morgan fingerprint density at radius 2 is 2.54 bits per heavy atom. The van der Waals surface area contributed by atoms with Crippen molar-refractivity contribution in [2.75, 3.05) is 13.6 Å². The number of Topliss-reactive ketones (excluding diaryl/α,β-unsaturated/α-hetero) is 1. The number of likely N-dealkylation sites (N-methyl/N-ethyl adjacent to an activating group) is 1. The van der Waals surface area contributed by atoms with Crippen LogP contribution in [0.3, 0.4) is 0 Å². The first-order valence-corrected chi connectivity index (χ1v) is 4.54. The molecule has 13 heavy (non-hydrogen) atoms. The molecule has 4 nitrogen and oxygen atoms in total. The van der Waals surface area contributed by atoms with Gasteiger partial charge in [-0.2, -0.15) is 0 Å². The second kappa shape index (κ2) is 3.30. The van der Waals surface area contributed by atoms with E-state index in [-0.39, 0.29) is 5.78 Å². The Labute approximate surface area is 76.8 Å². The van der Waals surface area contributed by atoms with Gasteiger partial charge in [0.1, 0.15) is 11.5 Å². The highest BCUT2D eigenvalue weighted by atomic mass is 16.1. The Kier molecular flexibility index (Phi) is 2.14. The van der Waals surface area contributed by atoms with Crippen molar-refractivity contribution < 1.29 is 4.79 Å². The Hall–Kier alpha value is -1.16. The van der Waals surface area contributed by atoms with Gasteiger partial charge in [0.2, 0.25) is 0 Å². The minimum absolute atomic E-state index is 0.0712. The molecule has 0 amide bonds.